The fourth-order valence-corrected chi connectivity index (χ4v) is 8.16. The number of alkyl halides is 4. The molecule has 4 aromatic rings. The van der Waals surface area contributed by atoms with Gasteiger partial charge in [-0.25, -0.2) is 13.2 Å². The number of rotatable bonds is 5. The van der Waals surface area contributed by atoms with Gasteiger partial charge >= 0.3 is 12.2 Å². The highest BCUT2D eigenvalue weighted by atomic mass is 32.1. The average Bonchev–Trinajstić information content (AvgIpc) is 3.89. The number of nitrogens with zero attached hydrogens (tertiary/aromatic N) is 5. The third kappa shape index (κ3) is 8.26. The van der Waals surface area contributed by atoms with Crippen LogP contribution < -0.4 is 15.8 Å². The van der Waals surface area contributed by atoms with E-state index in [9.17, 15) is 32.0 Å². The number of nitrogen functional groups attached to an aromatic ring is 1. The molecule has 9 nitrogen and oxygen atoms in total. The summed E-state index contributed by atoms with van der Waals surface area (Å²) in [7, 11) is 1.23. The Bertz CT molecular complexity index is 2000. The smallest absolute Gasteiger partial charge is 0.417 e. The number of nitrogens with one attached hydrogen (secondary N) is 1. The molecule has 3 aliphatic rings. The van der Waals surface area contributed by atoms with E-state index < -0.39 is 40.6 Å². The molecule has 3 fully saturated rings. The molecule has 16 heteroatoms. The SMILES string of the molecule is CC(C)C(=O)N1CCCC1C.CCNc1nc(OC)nc2c(F)c(-c3ccc(F)c4sc(N)c(C#N)c34)c(C(F)(F)F)cc12.FC1CC2CCCN2C1. The largest absolute Gasteiger partial charge is 0.467 e. The van der Waals surface area contributed by atoms with Crippen LogP contribution in [0.5, 0.6) is 6.01 Å². The molecule has 0 aliphatic carbocycles. The summed E-state index contributed by atoms with van der Waals surface area (Å²) in [6.45, 7) is 10.9. The zero-order chi connectivity index (χ0) is 38.8. The number of aromatic nitrogens is 2. The molecular weight excluding hydrogens is 721 g/mol. The van der Waals surface area contributed by atoms with E-state index in [0.29, 0.717) is 35.9 Å². The van der Waals surface area contributed by atoms with Gasteiger partial charge in [0.05, 0.1) is 22.9 Å². The standard InChI is InChI=1S/C21H14F5N5OS.C9H17NO.C7H12FN/c1-3-29-19-9-6-11(21(24,25)26)14(15(23)16(9)30-20(31-19)32-2)8-4-5-12(22)17-13(8)10(7-27)18(28)33-17;1-7(2)9(11)10-6-4-5-8(10)3;8-6-4-7-2-1-3-9(7)5-6/h4-6H,3,28H2,1-2H3,(H,29,30,31);7-8H,4-6H2,1-3H3;6-7H,1-5H2. The molecule has 3 saturated heterocycles. The molecule has 1 amide bonds. The minimum Gasteiger partial charge on any atom is -0.467 e. The summed E-state index contributed by atoms with van der Waals surface area (Å²) >= 11 is 0.698. The van der Waals surface area contributed by atoms with Gasteiger partial charge in [0.2, 0.25) is 5.91 Å². The first-order chi connectivity index (χ1) is 25.1. The van der Waals surface area contributed by atoms with Crippen molar-refractivity contribution in [1.82, 2.24) is 19.8 Å². The first-order valence-corrected chi connectivity index (χ1v) is 18.4. The maximum absolute atomic E-state index is 15.9. The fourth-order valence-electron chi connectivity index (χ4n) is 7.21. The number of anilines is 2. The van der Waals surface area contributed by atoms with Crippen LogP contribution in [0, 0.1) is 28.9 Å². The lowest BCUT2D eigenvalue weighted by molar-refractivity contribution is -0.137. The number of halogens is 6. The Balaban J connectivity index is 0.000000217. The monoisotopic (exact) mass is 763 g/mol. The number of benzene rings is 2. The second-order valence-corrected chi connectivity index (χ2v) is 14.7. The maximum atomic E-state index is 15.9. The van der Waals surface area contributed by atoms with E-state index in [1.807, 2.05) is 18.7 Å². The molecule has 3 atom stereocenters. The van der Waals surface area contributed by atoms with Crippen molar-refractivity contribution < 1.29 is 35.9 Å². The maximum Gasteiger partial charge on any atom is 0.417 e. The summed E-state index contributed by atoms with van der Waals surface area (Å²) in [4.78, 5) is 23.7. The molecule has 0 radical (unpaired) electrons. The molecule has 7 rings (SSSR count). The Morgan fingerprint density at radius 2 is 1.91 bits per heavy atom. The van der Waals surface area contributed by atoms with Gasteiger partial charge in [0.15, 0.2) is 5.82 Å². The van der Waals surface area contributed by atoms with E-state index in [1.165, 1.54) is 32.8 Å². The van der Waals surface area contributed by atoms with E-state index in [1.54, 1.807) is 13.0 Å². The molecule has 53 heavy (non-hydrogen) atoms. The molecule has 5 heterocycles. The summed E-state index contributed by atoms with van der Waals surface area (Å²) in [5.41, 5.74) is 2.59. The van der Waals surface area contributed by atoms with E-state index in [0.717, 1.165) is 37.7 Å². The lowest BCUT2D eigenvalue weighted by Crippen LogP contribution is -2.36. The quantitative estimate of drug-likeness (QED) is 0.194. The second kappa shape index (κ2) is 16.3. The number of hydrogen-bond donors (Lipinski definition) is 2. The number of methoxy groups -OCH3 is 1. The molecule has 3 aliphatic heterocycles. The summed E-state index contributed by atoms with van der Waals surface area (Å²) in [6, 6.07) is 5.23. The molecule has 3 unspecified atom stereocenters. The molecule has 2 aromatic heterocycles. The number of nitrogens with two attached hydrogens (primary N) is 1. The van der Waals surface area contributed by atoms with E-state index in [4.69, 9.17) is 10.5 Å². The van der Waals surface area contributed by atoms with Crippen molar-refractivity contribution in [2.24, 2.45) is 5.92 Å². The lowest BCUT2D eigenvalue weighted by atomic mass is 9.92. The van der Waals surface area contributed by atoms with Gasteiger partial charge in [0.1, 0.15) is 34.4 Å². The van der Waals surface area contributed by atoms with E-state index in [2.05, 4.69) is 27.1 Å². The topological polar surface area (TPSA) is 120 Å². The molecule has 0 bridgehead atoms. The molecule has 286 valence electrons. The first kappa shape index (κ1) is 39.8. The molecule has 2 aromatic carbocycles. The molecular formula is C37H43F6N7O2S. The van der Waals surface area contributed by atoms with Gasteiger partial charge in [-0.2, -0.15) is 28.4 Å². The van der Waals surface area contributed by atoms with Crippen LogP contribution >= 0.6 is 11.3 Å². The van der Waals surface area contributed by atoms with Crippen molar-refractivity contribution in [2.45, 2.75) is 84.2 Å². The van der Waals surface area contributed by atoms with E-state index in [-0.39, 0.29) is 55.9 Å². The zero-order valence-electron chi connectivity index (χ0n) is 30.2. The Morgan fingerprint density at radius 3 is 2.49 bits per heavy atom. The fraction of sp³-hybridized carbons (Fsp3) is 0.514. The van der Waals surface area contributed by atoms with Gasteiger partial charge < -0.3 is 20.7 Å². The van der Waals surface area contributed by atoms with Gasteiger partial charge in [0.25, 0.3) is 0 Å². The zero-order valence-corrected chi connectivity index (χ0v) is 31.0. The normalized spacial score (nSPS) is 19.8. The lowest BCUT2D eigenvalue weighted by Gasteiger charge is -2.23. The number of likely N-dealkylation sites (tertiary alicyclic amines) is 1. The molecule has 0 spiro atoms. The number of thiophene rings is 1. The predicted octanol–water partition coefficient (Wildman–Crippen LogP) is 8.55. The minimum absolute atomic E-state index is 0.0444. The summed E-state index contributed by atoms with van der Waals surface area (Å²) in [5, 5.41) is 11.8. The number of nitriles is 1. The van der Waals surface area contributed by atoms with Crippen LogP contribution in [0.2, 0.25) is 0 Å². The molecule has 0 saturated carbocycles. The van der Waals surface area contributed by atoms with Crippen LogP contribution in [0.3, 0.4) is 0 Å². The first-order valence-electron chi connectivity index (χ1n) is 17.6. The summed E-state index contributed by atoms with van der Waals surface area (Å²) in [6.07, 6.45) is 0.175. The van der Waals surface area contributed by atoms with Gasteiger partial charge in [-0.1, -0.05) is 19.9 Å². The van der Waals surface area contributed by atoms with Gasteiger partial charge in [-0.3, -0.25) is 9.69 Å². The summed E-state index contributed by atoms with van der Waals surface area (Å²) < 4.78 is 90.2. The van der Waals surface area contributed by atoms with Crippen molar-refractivity contribution in [2.75, 3.05) is 44.3 Å². The Morgan fingerprint density at radius 1 is 1.19 bits per heavy atom. The van der Waals surface area contributed by atoms with Crippen molar-refractivity contribution in [1.29, 1.82) is 5.26 Å². The third-order valence-electron chi connectivity index (χ3n) is 9.73. The third-order valence-corrected chi connectivity index (χ3v) is 10.8. The predicted molar refractivity (Wildman–Crippen MR) is 194 cm³/mol. The number of fused-ring (bicyclic) bond motifs is 3. The van der Waals surface area contributed by atoms with Gasteiger partial charge in [-0.15, -0.1) is 11.3 Å². The number of carbonyl (C=O) groups excluding carboxylic acids is 1. The van der Waals surface area contributed by atoms with Gasteiger partial charge in [0, 0.05) is 54.0 Å². The Kier molecular flexibility index (Phi) is 12.3. The van der Waals surface area contributed by atoms with Crippen LogP contribution in [-0.4, -0.2) is 77.2 Å². The summed E-state index contributed by atoms with van der Waals surface area (Å²) in [5.74, 6) is -1.68. The Labute approximate surface area is 308 Å². The Hall–Kier alpha value is -4.36. The number of ether oxygens (including phenoxy) is 1. The number of amides is 1. The average molecular weight is 764 g/mol. The molecule has 3 N–H and O–H groups in total. The van der Waals surface area contributed by atoms with Crippen LogP contribution in [-0.2, 0) is 11.0 Å². The second-order valence-electron chi connectivity index (χ2n) is 13.7. The number of carbonyl (C=O) groups is 1. The minimum atomic E-state index is -5.00. The highest BCUT2D eigenvalue weighted by molar-refractivity contribution is 7.23. The van der Waals surface area contributed by atoms with Crippen LogP contribution in [0.25, 0.3) is 32.1 Å². The van der Waals surface area contributed by atoms with E-state index >= 15 is 4.39 Å². The van der Waals surface area contributed by atoms with Crippen molar-refractivity contribution in [3.8, 4) is 23.2 Å². The van der Waals surface area contributed by atoms with Crippen LogP contribution in [0.1, 0.15) is 70.9 Å². The highest BCUT2D eigenvalue weighted by Crippen LogP contribution is 2.47. The van der Waals surface area contributed by atoms with Crippen molar-refractivity contribution in [3.05, 3.63) is 41.0 Å². The number of hydrogen-bond acceptors (Lipinski definition) is 9. The van der Waals surface area contributed by atoms with Crippen molar-refractivity contribution in [3.63, 3.8) is 0 Å². The highest BCUT2D eigenvalue weighted by Gasteiger charge is 2.38. The van der Waals surface area contributed by atoms with Crippen molar-refractivity contribution >= 4 is 49.1 Å². The van der Waals surface area contributed by atoms with Crippen LogP contribution in [0.4, 0.5) is 37.2 Å². The van der Waals surface area contributed by atoms with Crippen LogP contribution in [0.15, 0.2) is 18.2 Å². The van der Waals surface area contributed by atoms with Gasteiger partial charge in [-0.05, 0) is 70.2 Å².